The fourth-order valence-electron chi connectivity index (χ4n) is 1.59. The Labute approximate surface area is 70.1 Å². The zero-order chi connectivity index (χ0) is 8.91. The van der Waals surface area contributed by atoms with Crippen molar-refractivity contribution in [2.45, 2.75) is 51.7 Å². The quantitative estimate of drug-likeness (QED) is 0.665. The van der Waals surface area contributed by atoms with E-state index in [9.17, 15) is 0 Å². The first-order chi connectivity index (χ1) is 5.16. The second-order valence-corrected chi connectivity index (χ2v) is 2.99. The molecule has 0 fully saturated rings. The van der Waals surface area contributed by atoms with Gasteiger partial charge in [0.15, 0.2) is 0 Å². The van der Waals surface area contributed by atoms with E-state index in [2.05, 4.69) is 20.8 Å². The molecule has 0 bridgehead atoms. The zero-order valence-corrected chi connectivity index (χ0v) is 8.18. The lowest BCUT2D eigenvalue weighted by Gasteiger charge is -2.35. The van der Waals surface area contributed by atoms with E-state index in [0.717, 1.165) is 19.3 Å². The van der Waals surface area contributed by atoms with Gasteiger partial charge in [0.2, 0.25) is 0 Å². The molecule has 0 aliphatic rings. The van der Waals surface area contributed by atoms with Gasteiger partial charge in [-0.05, 0) is 19.3 Å². The number of ether oxygens (including phenoxy) is 1. The summed E-state index contributed by atoms with van der Waals surface area (Å²) < 4.78 is 5.46. The third-order valence-corrected chi connectivity index (χ3v) is 2.72. The number of methoxy groups -OCH3 is 1. The third-order valence-electron chi connectivity index (χ3n) is 2.72. The van der Waals surface area contributed by atoms with Gasteiger partial charge in [-0.3, -0.25) is 0 Å². The molecule has 0 unspecified atom stereocenters. The predicted octanol–water partition coefficient (Wildman–Crippen LogP) is 1.93. The van der Waals surface area contributed by atoms with Crippen molar-refractivity contribution in [1.82, 2.24) is 0 Å². The molecule has 0 radical (unpaired) electrons. The maximum absolute atomic E-state index is 5.96. The summed E-state index contributed by atoms with van der Waals surface area (Å²) in [6.45, 7) is 6.36. The molecule has 0 aliphatic heterocycles. The van der Waals surface area contributed by atoms with Gasteiger partial charge in [0.1, 0.15) is 0 Å². The molecular weight excluding hydrogens is 138 g/mol. The summed E-state index contributed by atoms with van der Waals surface area (Å²) in [6, 6.07) is 0.169. The summed E-state index contributed by atoms with van der Waals surface area (Å²) in [4.78, 5) is 0. The molecule has 0 aromatic rings. The van der Waals surface area contributed by atoms with Gasteiger partial charge in [-0.2, -0.15) is 0 Å². The van der Waals surface area contributed by atoms with Crippen LogP contribution in [0.2, 0.25) is 0 Å². The molecule has 11 heavy (non-hydrogen) atoms. The largest absolute Gasteiger partial charge is 0.377 e. The molecule has 68 valence electrons. The number of hydrogen-bond donors (Lipinski definition) is 1. The summed E-state index contributed by atoms with van der Waals surface area (Å²) in [5.74, 6) is 0. The molecule has 0 aromatic carbocycles. The summed E-state index contributed by atoms with van der Waals surface area (Å²) >= 11 is 0. The Bertz CT molecular complexity index is 91.5. The normalized spacial score (nSPS) is 15.0. The molecule has 1 atom stereocenters. The van der Waals surface area contributed by atoms with Crippen LogP contribution in [0.25, 0.3) is 0 Å². The highest BCUT2D eigenvalue weighted by Crippen LogP contribution is 2.24. The third kappa shape index (κ3) is 2.17. The van der Waals surface area contributed by atoms with E-state index >= 15 is 0 Å². The van der Waals surface area contributed by atoms with Gasteiger partial charge >= 0.3 is 0 Å². The topological polar surface area (TPSA) is 35.2 Å². The molecule has 0 heterocycles. The minimum Gasteiger partial charge on any atom is -0.377 e. The van der Waals surface area contributed by atoms with Crippen molar-refractivity contribution < 1.29 is 4.74 Å². The monoisotopic (exact) mass is 159 g/mol. The Hall–Kier alpha value is -0.0800. The lowest BCUT2D eigenvalue weighted by Crippen LogP contribution is -2.48. The van der Waals surface area contributed by atoms with E-state index in [0.29, 0.717) is 0 Å². The average Bonchev–Trinajstić information content (AvgIpc) is 2.08. The zero-order valence-electron chi connectivity index (χ0n) is 8.18. The highest BCUT2D eigenvalue weighted by atomic mass is 16.5. The van der Waals surface area contributed by atoms with Crippen molar-refractivity contribution in [2.24, 2.45) is 5.73 Å². The summed E-state index contributed by atoms with van der Waals surface area (Å²) in [5, 5.41) is 0. The maximum atomic E-state index is 5.96. The minimum atomic E-state index is -0.0885. The molecule has 0 saturated carbocycles. The van der Waals surface area contributed by atoms with Crippen LogP contribution in [-0.4, -0.2) is 18.8 Å². The van der Waals surface area contributed by atoms with E-state index in [1.165, 1.54) is 0 Å². The Kier molecular flexibility index (Phi) is 4.69. The van der Waals surface area contributed by atoms with Gasteiger partial charge in [-0.1, -0.05) is 20.8 Å². The van der Waals surface area contributed by atoms with Gasteiger partial charge in [0.05, 0.1) is 5.60 Å². The first kappa shape index (κ1) is 10.9. The average molecular weight is 159 g/mol. The van der Waals surface area contributed by atoms with E-state index in [1.54, 1.807) is 7.11 Å². The van der Waals surface area contributed by atoms with Crippen LogP contribution in [0.5, 0.6) is 0 Å². The van der Waals surface area contributed by atoms with Gasteiger partial charge in [0.25, 0.3) is 0 Å². The molecule has 0 rings (SSSR count). The van der Waals surface area contributed by atoms with E-state index < -0.39 is 0 Å². The molecule has 2 nitrogen and oxygen atoms in total. The molecule has 0 amide bonds. The smallest absolute Gasteiger partial charge is 0.0823 e. The van der Waals surface area contributed by atoms with Gasteiger partial charge in [-0.25, -0.2) is 0 Å². The Morgan fingerprint density at radius 1 is 1.27 bits per heavy atom. The number of rotatable bonds is 5. The fourth-order valence-corrected chi connectivity index (χ4v) is 1.59. The molecule has 0 saturated heterocycles. The molecule has 2 heteroatoms. The molecule has 0 aliphatic carbocycles. The maximum Gasteiger partial charge on any atom is 0.0823 e. The Balaban J connectivity index is 4.26. The molecule has 2 N–H and O–H groups in total. The summed E-state index contributed by atoms with van der Waals surface area (Å²) in [7, 11) is 1.75. The SMILES string of the molecule is CC[C@H](N)C(CC)(CC)OC. The van der Waals surface area contributed by atoms with E-state index in [4.69, 9.17) is 10.5 Å². The van der Waals surface area contributed by atoms with Crippen LogP contribution in [0.4, 0.5) is 0 Å². The van der Waals surface area contributed by atoms with Crippen LogP contribution in [0.3, 0.4) is 0 Å². The molecule has 0 spiro atoms. The Morgan fingerprint density at radius 3 is 1.82 bits per heavy atom. The second kappa shape index (κ2) is 4.73. The first-order valence-electron chi connectivity index (χ1n) is 4.47. The minimum absolute atomic E-state index is 0.0885. The van der Waals surface area contributed by atoms with Gasteiger partial charge < -0.3 is 10.5 Å². The first-order valence-corrected chi connectivity index (χ1v) is 4.47. The van der Waals surface area contributed by atoms with Crippen molar-refractivity contribution in [3.05, 3.63) is 0 Å². The van der Waals surface area contributed by atoms with Crippen LogP contribution < -0.4 is 5.73 Å². The Morgan fingerprint density at radius 2 is 1.73 bits per heavy atom. The van der Waals surface area contributed by atoms with Crippen LogP contribution in [0.1, 0.15) is 40.0 Å². The lowest BCUT2D eigenvalue weighted by atomic mass is 9.87. The van der Waals surface area contributed by atoms with Crippen molar-refractivity contribution in [1.29, 1.82) is 0 Å². The number of hydrogen-bond acceptors (Lipinski definition) is 2. The molecular formula is C9H21NO. The highest BCUT2D eigenvalue weighted by Gasteiger charge is 2.31. The predicted molar refractivity (Wildman–Crippen MR) is 48.6 cm³/mol. The van der Waals surface area contributed by atoms with Crippen LogP contribution in [-0.2, 0) is 4.74 Å². The van der Waals surface area contributed by atoms with Crippen LogP contribution in [0, 0.1) is 0 Å². The van der Waals surface area contributed by atoms with Crippen LogP contribution in [0.15, 0.2) is 0 Å². The highest BCUT2D eigenvalue weighted by molar-refractivity contribution is 4.87. The van der Waals surface area contributed by atoms with E-state index in [1.807, 2.05) is 0 Å². The summed E-state index contributed by atoms with van der Waals surface area (Å²) in [5.41, 5.74) is 5.87. The standard InChI is InChI=1S/C9H21NO/c1-5-8(10)9(6-2,7-3)11-4/h8H,5-7,10H2,1-4H3/t8-/m0/s1. The summed E-state index contributed by atoms with van der Waals surface area (Å²) in [6.07, 6.45) is 2.97. The van der Waals surface area contributed by atoms with Gasteiger partial charge in [-0.15, -0.1) is 0 Å². The van der Waals surface area contributed by atoms with Crippen molar-refractivity contribution in [2.75, 3.05) is 7.11 Å². The fraction of sp³-hybridized carbons (Fsp3) is 1.00. The van der Waals surface area contributed by atoms with Crippen molar-refractivity contribution in [3.63, 3.8) is 0 Å². The molecule has 0 aromatic heterocycles. The van der Waals surface area contributed by atoms with Crippen molar-refractivity contribution in [3.8, 4) is 0 Å². The van der Waals surface area contributed by atoms with Crippen LogP contribution >= 0.6 is 0 Å². The lowest BCUT2D eigenvalue weighted by molar-refractivity contribution is -0.0383. The second-order valence-electron chi connectivity index (χ2n) is 2.99. The van der Waals surface area contributed by atoms with Crippen molar-refractivity contribution >= 4 is 0 Å². The number of nitrogens with two attached hydrogens (primary N) is 1. The van der Waals surface area contributed by atoms with E-state index in [-0.39, 0.29) is 11.6 Å². The van der Waals surface area contributed by atoms with Gasteiger partial charge in [0, 0.05) is 13.2 Å².